The second-order valence-corrected chi connectivity index (χ2v) is 15.4. The zero-order valence-electron chi connectivity index (χ0n) is 35.1. The predicted octanol–water partition coefficient (Wildman–Crippen LogP) is -0.782. The number of alkyl halides is 3. The second kappa shape index (κ2) is 25.1. The molecule has 5 aliphatic heterocycles. The fraction of sp³-hybridized carbons (Fsp3) is 0.619. The molecule has 0 amide bonds. The summed E-state index contributed by atoms with van der Waals surface area (Å²) in [6.45, 7) is 9.75. The Morgan fingerprint density at radius 1 is 0.710 bits per heavy atom. The van der Waals surface area contributed by atoms with Crippen LogP contribution in [-0.2, 0) is 48.3 Å². The van der Waals surface area contributed by atoms with Crippen molar-refractivity contribution in [2.24, 2.45) is 0 Å². The van der Waals surface area contributed by atoms with Gasteiger partial charge < -0.3 is 57.4 Å². The van der Waals surface area contributed by atoms with Crippen molar-refractivity contribution < 1.29 is 110 Å². The topological polar surface area (TPSA) is 185 Å². The average molecular weight is 890 g/mol. The molecule has 7 rings (SSSR count). The number of quaternary nitrogens is 1. The first-order valence-electron chi connectivity index (χ1n) is 20.7. The Morgan fingerprint density at radius 3 is 1.60 bits per heavy atom. The molecular formula is C42H55F3N3NaO13. The summed E-state index contributed by atoms with van der Waals surface area (Å²) < 4.78 is 70.8. The van der Waals surface area contributed by atoms with Gasteiger partial charge >= 0.3 is 47.9 Å². The zero-order chi connectivity index (χ0) is 43.7. The van der Waals surface area contributed by atoms with Crippen molar-refractivity contribution in [2.45, 2.75) is 68.5 Å². The minimum absolute atomic E-state index is 0. The van der Waals surface area contributed by atoms with Crippen molar-refractivity contribution in [3.63, 3.8) is 0 Å². The molecule has 0 N–H and O–H groups in total. The maximum Gasteiger partial charge on any atom is 1.00 e. The SMILES string of the molecule is O=C(OCCN1CCOCC1)OCOC(C(=O)OC1CC2CCC(C1)[N+]21CCCC1)(c1ccccc1)c1ccccc1.O=C([O-])C(F)(F)F.O=C([O-])OCCN1CCOCC1.[Na+]. The summed E-state index contributed by atoms with van der Waals surface area (Å²) in [6, 6.07) is 19.8. The van der Waals surface area contributed by atoms with Gasteiger partial charge in [0.25, 0.3) is 6.16 Å². The smallest absolute Gasteiger partial charge is 0.548 e. The monoisotopic (exact) mass is 889 g/mol. The van der Waals surface area contributed by atoms with Crippen LogP contribution in [0.2, 0.25) is 0 Å². The Kier molecular flexibility index (Phi) is 20.7. The minimum atomic E-state index is -5.19. The molecule has 5 saturated heterocycles. The van der Waals surface area contributed by atoms with Crippen molar-refractivity contribution in [2.75, 3.05) is 98.8 Å². The van der Waals surface area contributed by atoms with E-state index in [2.05, 4.69) is 14.5 Å². The van der Waals surface area contributed by atoms with E-state index in [0.717, 1.165) is 39.0 Å². The van der Waals surface area contributed by atoms with E-state index in [1.54, 1.807) is 0 Å². The number of carbonyl (C=O) groups is 4. The van der Waals surface area contributed by atoms with Gasteiger partial charge in [-0.15, -0.1) is 0 Å². The van der Waals surface area contributed by atoms with Crippen LogP contribution in [0.3, 0.4) is 0 Å². The number of nitrogens with zero attached hydrogens (tertiary/aromatic N) is 3. The molecule has 5 heterocycles. The van der Waals surface area contributed by atoms with Gasteiger partial charge in [0.05, 0.1) is 51.6 Å². The Morgan fingerprint density at radius 2 is 1.16 bits per heavy atom. The second-order valence-electron chi connectivity index (χ2n) is 15.4. The summed E-state index contributed by atoms with van der Waals surface area (Å²) in [5.41, 5.74) is -0.368. The molecule has 2 atom stereocenters. The number of hydrogen-bond donors (Lipinski definition) is 0. The van der Waals surface area contributed by atoms with Crippen LogP contribution >= 0.6 is 0 Å². The molecule has 16 nitrogen and oxygen atoms in total. The number of aliphatic carboxylic acids is 1. The molecule has 1 spiro atoms. The van der Waals surface area contributed by atoms with Gasteiger partial charge in [-0.2, -0.15) is 13.2 Å². The first-order chi connectivity index (χ1) is 29.3. The maximum absolute atomic E-state index is 14.4. The number of carbonyl (C=O) groups excluding carboxylic acids is 4. The predicted molar refractivity (Wildman–Crippen MR) is 204 cm³/mol. The van der Waals surface area contributed by atoms with Gasteiger partial charge in [0.1, 0.15) is 18.7 Å². The van der Waals surface area contributed by atoms with Gasteiger partial charge in [0.2, 0.25) is 5.60 Å². The molecule has 5 aliphatic rings. The number of halogens is 3. The van der Waals surface area contributed by atoms with Crippen LogP contribution in [0.4, 0.5) is 22.8 Å². The third-order valence-electron chi connectivity index (χ3n) is 11.8. The summed E-state index contributed by atoms with van der Waals surface area (Å²) in [7, 11) is 0. The number of hydrogen-bond acceptors (Lipinski definition) is 15. The fourth-order valence-corrected chi connectivity index (χ4v) is 8.89. The number of piperidine rings is 1. The molecule has 0 radical (unpaired) electrons. The van der Waals surface area contributed by atoms with Crippen LogP contribution in [0, 0.1) is 0 Å². The quantitative estimate of drug-likeness (QED) is 0.0802. The van der Waals surface area contributed by atoms with E-state index >= 15 is 0 Å². The van der Waals surface area contributed by atoms with E-state index in [0.29, 0.717) is 62.7 Å². The first-order valence-corrected chi connectivity index (χ1v) is 20.7. The summed E-state index contributed by atoms with van der Waals surface area (Å²) in [6.07, 6.45) is -0.877. The van der Waals surface area contributed by atoms with Gasteiger partial charge in [0.15, 0.2) is 6.79 Å². The number of esters is 1. The first kappa shape index (κ1) is 51.1. The molecule has 2 aromatic rings. The summed E-state index contributed by atoms with van der Waals surface area (Å²) in [5, 5.41) is 18.6. The maximum atomic E-state index is 14.4. The molecule has 5 fully saturated rings. The molecular weight excluding hydrogens is 834 g/mol. The van der Waals surface area contributed by atoms with Crippen molar-refractivity contribution in [3.8, 4) is 0 Å². The average Bonchev–Trinajstić information content (AvgIpc) is 3.80. The third kappa shape index (κ3) is 14.5. The summed E-state index contributed by atoms with van der Waals surface area (Å²) >= 11 is 0. The zero-order valence-corrected chi connectivity index (χ0v) is 37.1. The van der Waals surface area contributed by atoms with Crippen LogP contribution in [0.25, 0.3) is 0 Å². The van der Waals surface area contributed by atoms with E-state index in [4.69, 9.17) is 38.3 Å². The third-order valence-corrected chi connectivity index (χ3v) is 11.8. The van der Waals surface area contributed by atoms with E-state index < -0.39 is 42.8 Å². The van der Waals surface area contributed by atoms with Crippen LogP contribution in [0.15, 0.2) is 60.7 Å². The molecule has 2 bridgehead atoms. The standard InChI is InChI=1S/C33H43N2O7.C7H13NO4.C2HF3O2.Na/c36-31(42-30-23-28-13-14-29(24-30)35(28)18-7-8-19-35)33(26-9-3-1-4-10-26,27-11-5-2-6-12-27)41-25-40-32(37)39-22-17-34-15-20-38-21-16-34;9-7(10)12-6-3-8-1-4-11-5-2-8;3-2(4,5)1(6)7;/h1-6,9-12,28-30H,7-8,13-25H2;1-6H2,(H,9,10);(H,6,7);/q+1;;;+1/p-2. The van der Waals surface area contributed by atoms with Crippen LogP contribution < -0.4 is 39.8 Å². The number of ether oxygens (including phenoxy) is 7. The molecule has 20 heteroatoms. The largest absolute Gasteiger partial charge is 1.00 e. The number of morpholine rings is 2. The van der Waals surface area contributed by atoms with Crippen molar-refractivity contribution in [1.29, 1.82) is 0 Å². The number of carboxylic acids is 1. The van der Waals surface area contributed by atoms with Crippen LogP contribution in [0.1, 0.15) is 49.7 Å². The Labute approximate surface area is 381 Å². The number of carboxylic acid groups (broad SMARTS) is 2. The Balaban J connectivity index is 0.000000351. The molecule has 2 aromatic carbocycles. The van der Waals surface area contributed by atoms with Gasteiger partial charge in [0, 0.05) is 84.4 Å². The molecule has 0 aliphatic carbocycles. The van der Waals surface area contributed by atoms with Gasteiger partial charge in [-0.25, -0.2) is 9.59 Å². The van der Waals surface area contributed by atoms with E-state index in [9.17, 15) is 32.7 Å². The van der Waals surface area contributed by atoms with Crippen molar-refractivity contribution in [1.82, 2.24) is 9.80 Å². The molecule has 62 heavy (non-hydrogen) atoms. The molecule has 2 unspecified atom stereocenters. The van der Waals surface area contributed by atoms with E-state index in [1.807, 2.05) is 60.7 Å². The molecule has 0 aromatic heterocycles. The summed E-state index contributed by atoms with van der Waals surface area (Å²) in [5.74, 6) is -3.49. The summed E-state index contributed by atoms with van der Waals surface area (Å²) in [4.78, 5) is 49.7. The number of benzene rings is 2. The van der Waals surface area contributed by atoms with Gasteiger partial charge in [-0.05, 0) is 11.1 Å². The normalized spacial score (nSPS) is 22.1. The van der Waals surface area contributed by atoms with E-state index in [-0.39, 0.29) is 48.9 Å². The Bertz CT molecular complexity index is 1620. The van der Waals surface area contributed by atoms with E-state index in [1.165, 1.54) is 43.3 Å². The molecule has 338 valence electrons. The molecule has 0 saturated carbocycles. The minimum Gasteiger partial charge on any atom is -0.548 e. The van der Waals surface area contributed by atoms with Gasteiger partial charge in [-0.3, -0.25) is 9.80 Å². The van der Waals surface area contributed by atoms with Crippen LogP contribution in [-0.4, -0.2) is 162 Å². The van der Waals surface area contributed by atoms with Gasteiger partial charge in [-0.1, -0.05) is 60.7 Å². The number of rotatable bonds is 13. The fourth-order valence-electron chi connectivity index (χ4n) is 8.89. The van der Waals surface area contributed by atoms with Crippen molar-refractivity contribution in [3.05, 3.63) is 71.8 Å². The van der Waals surface area contributed by atoms with Crippen molar-refractivity contribution >= 4 is 24.2 Å². The Hall–Kier alpha value is -3.53. The van der Waals surface area contributed by atoms with Crippen LogP contribution in [0.5, 0.6) is 0 Å².